The SMILES string of the molecule is CN(C)C(=Nc1cccc2c(N(C)C)ccnc12)N(C)C.CN(C)C(=Nc1cccc2c(N(C)C)ccnc12)N(C)C.[Br-].[Cu+]. The molecule has 0 atom stereocenters. The predicted octanol–water partition coefficient (Wildman–Crippen LogP) is 1.82. The summed E-state index contributed by atoms with van der Waals surface area (Å²) in [4.78, 5) is 30.8. The Labute approximate surface area is 284 Å². The summed E-state index contributed by atoms with van der Waals surface area (Å²) in [5.41, 5.74) is 5.90. The molecule has 44 heavy (non-hydrogen) atoms. The van der Waals surface area contributed by atoms with Gasteiger partial charge in [-0.15, -0.1) is 0 Å². The second-order valence-corrected chi connectivity index (χ2v) is 11.2. The molecular formula is C32H46BrCuN10. The third kappa shape index (κ3) is 9.20. The summed E-state index contributed by atoms with van der Waals surface area (Å²) in [6.07, 6.45) is 3.67. The molecule has 0 radical (unpaired) electrons. The molecule has 242 valence electrons. The van der Waals surface area contributed by atoms with Crippen LogP contribution in [0, 0.1) is 0 Å². The molecule has 0 spiro atoms. The van der Waals surface area contributed by atoms with Gasteiger partial charge in [0.25, 0.3) is 0 Å². The van der Waals surface area contributed by atoms with Crippen molar-refractivity contribution in [2.75, 3.05) is 94.4 Å². The average molecular weight is 714 g/mol. The molecule has 0 aliphatic rings. The molecule has 0 aliphatic heterocycles. The molecule has 12 heteroatoms. The van der Waals surface area contributed by atoms with E-state index < -0.39 is 0 Å². The van der Waals surface area contributed by atoms with Gasteiger partial charge in [-0.25, -0.2) is 9.98 Å². The van der Waals surface area contributed by atoms with E-state index in [9.17, 15) is 0 Å². The van der Waals surface area contributed by atoms with E-state index >= 15 is 0 Å². The molecule has 10 nitrogen and oxygen atoms in total. The number of aliphatic imine (C=N–C) groups is 2. The second-order valence-electron chi connectivity index (χ2n) is 11.2. The van der Waals surface area contributed by atoms with Gasteiger partial charge in [-0.1, -0.05) is 24.3 Å². The first-order valence-electron chi connectivity index (χ1n) is 13.8. The summed E-state index contributed by atoms with van der Waals surface area (Å²) in [6.45, 7) is 0. The van der Waals surface area contributed by atoms with Gasteiger partial charge >= 0.3 is 17.1 Å². The quantitative estimate of drug-likeness (QED) is 0.181. The predicted molar refractivity (Wildman–Crippen MR) is 181 cm³/mol. The number of fused-ring (bicyclic) bond motifs is 2. The summed E-state index contributed by atoms with van der Waals surface area (Å²) >= 11 is 0. The zero-order chi connectivity index (χ0) is 31.1. The summed E-state index contributed by atoms with van der Waals surface area (Å²) in [5.74, 6) is 1.78. The van der Waals surface area contributed by atoms with E-state index in [0.29, 0.717) is 0 Å². The number of aromatic nitrogens is 2. The minimum absolute atomic E-state index is 0. The molecule has 0 aliphatic carbocycles. The minimum atomic E-state index is 0. The molecule has 2 heterocycles. The fourth-order valence-corrected chi connectivity index (χ4v) is 4.67. The van der Waals surface area contributed by atoms with E-state index in [1.807, 2.05) is 153 Å². The van der Waals surface area contributed by atoms with Crippen molar-refractivity contribution in [2.45, 2.75) is 0 Å². The first-order chi connectivity index (χ1) is 19.8. The van der Waals surface area contributed by atoms with Crippen LogP contribution in [-0.4, -0.2) is 126 Å². The zero-order valence-electron chi connectivity index (χ0n) is 27.9. The Balaban J connectivity index is 0.000000421. The third-order valence-corrected chi connectivity index (χ3v) is 6.46. The van der Waals surface area contributed by atoms with Crippen LogP contribution in [0.15, 0.2) is 70.9 Å². The number of para-hydroxylation sites is 2. The maximum absolute atomic E-state index is 4.77. The van der Waals surface area contributed by atoms with Gasteiger partial charge in [0.05, 0.1) is 22.4 Å². The number of anilines is 2. The van der Waals surface area contributed by atoms with Gasteiger partial charge in [-0.3, -0.25) is 9.97 Å². The molecule has 0 saturated carbocycles. The van der Waals surface area contributed by atoms with E-state index in [4.69, 9.17) is 9.98 Å². The Morgan fingerprint density at radius 1 is 0.500 bits per heavy atom. The molecule has 2 aromatic carbocycles. The number of pyridine rings is 2. The molecule has 0 N–H and O–H groups in total. The molecule has 0 bridgehead atoms. The average Bonchev–Trinajstić information content (AvgIpc) is 2.93. The standard InChI is InChI=1S/2C16H23N5.BrH.Cu/c2*1-19(2)14-10-11-17-15-12(14)8-7-9-13(15)18-16(20(3)4)21(5)6;;/h2*7-11H,1-6H3;1H;/q;;;+1/p-1. The van der Waals surface area contributed by atoms with E-state index in [2.05, 4.69) is 31.9 Å². The third-order valence-electron chi connectivity index (χ3n) is 6.46. The maximum atomic E-state index is 4.77. The number of benzene rings is 2. The maximum Gasteiger partial charge on any atom is 1.00 e. The molecular weight excluding hydrogens is 668 g/mol. The second kappa shape index (κ2) is 17.0. The summed E-state index contributed by atoms with van der Waals surface area (Å²) in [7, 11) is 24.1. The molecule has 0 saturated heterocycles. The monoisotopic (exact) mass is 712 g/mol. The van der Waals surface area contributed by atoms with E-state index in [1.165, 1.54) is 0 Å². The van der Waals surface area contributed by atoms with Crippen LogP contribution >= 0.6 is 0 Å². The van der Waals surface area contributed by atoms with Gasteiger partial charge in [0.15, 0.2) is 0 Å². The van der Waals surface area contributed by atoms with Crippen molar-refractivity contribution in [3.8, 4) is 0 Å². The van der Waals surface area contributed by atoms with Crippen LogP contribution in [0.5, 0.6) is 0 Å². The van der Waals surface area contributed by atoms with Gasteiger partial charge in [0.1, 0.15) is 0 Å². The van der Waals surface area contributed by atoms with Gasteiger partial charge in [-0.05, 0) is 24.3 Å². The number of nitrogens with zero attached hydrogens (tertiary/aromatic N) is 10. The normalized spacial score (nSPS) is 9.91. The fraction of sp³-hybridized carbons (Fsp3) is 0.375. The Kier molecular flexibility index (Phi) is 14.9. The molecule has 4 rings (SSSR count). The first kappa shape index (κ1) is 38.4. The number of rotatable bonds is 4. The molecule has 4 aromatic rings. The van der Waals surface area contributed by atoms with Crippen molar-refractivity contribution in [2.24, 2.45) is 9.98 Å². The van der Waals surface area contributed by atoms with Gasteiger partial charge in [0, 0.05) is 119 Å². The van der Waals surface area contributed by atoms with Crippen molar-refractivity contribution < 1.29 is 34.1 Å². The Morgan fingerprint density at radius 2 is 0.818 bits per heavy atom. The van der Waals surface area contributed by atoms with Crippen LogP contribution in [0.3, 0.4) is 0 Å². The topological polar surface area (TPSA) is 69.9 Å². The smallest absolute Gasteiger partial charge is 1.00 e. The van der Waals surface area contributed by atoms with Crippen molar-refractivity contribution in [3.63, 3.8) is 0 Å². The van der Waals surface area contributed by atoms with Crippen molar-refractivity contribution >= 4 is 56.5 Å². The van der Waals surface area contributed by atoms with Gasteiger partial charge in [0.2, 0.25) is 11.9 Å². The molecule has 2 aromatic heterocycles. The Morgan fingerprint density at radius 3 is 1.09 bits per heavy atom. The van der Waals surface area contributed by atoms with Crippen molar-refractivity contribution in [1.82, 2.24) is 29.6 Å². The number of hydrogen-bond acceptors (Lipinski definition) is 6. The van der Waals surface area contributed by atoms with Crippen LogP contribution in [0.1, 0.15) is 0 Å². The van der Waals surface area contributed by atoms with Crippen molar-refractivity contribution in [1.29, 1.82) is 0 Å². The molecule has 0 unspecified atom stereocenters. The van der Waals surface area contributed by atoms with Gasteiger partial charge < -0.3 is 46.4 Å². The number of guanidine groups is 2. The van der Waals surface area contributed by atoms with Gasteiger partial charge in [-0.2, -0.15) is 0 Å². The van der Waals surface area contributed by atoms with Crippen LogP contribution < -0.4 is 26.8 Å². The van der Waals surface area contributed by atoms with Crippen molar-refractivity contribution in [3.05, 3.63) is 60.9 Å². The minimum Gasteiger partial charge on any atom is -1.00 e. The molecule has 0 fully saturated rings. The van der Waals surface area contributed by atoms with Crippen LogP contribution in [0.4, 0.5) is 22.7 Å². The Bertz CT molecular complexity index is 1430. The zero-order valence-corrected chi connectivity index (χ0v) is 30.5. The van der Waals surface area contributed by atoms with Crippen LogP contribution in [0.25, 0.3) is 21.8 Å². The number of halogens is 1. The summed E-state index contributed by atoms with van der Waals surface area (Å²) in [5, 5.41) is 2.22. The van der Waals surface area contributed by atoms with E-state index in [-0.39, 0.29) is 34.1 Å². The molecule has 0 amide bonds. The Hall–Kier alpha value is -3.60. The summed E-state index contributed by atoms with van der Waals surface area (Å²) < 4.78 is 0. The summed E-state index contributed by atoms with van der Waals surface area (Å²) in [6, 6.07) is 16.3. The van der Waals surface area contributed by atoms with Crippen LogP contribution in [-0.2, 0) is 17.1 Å². The number of hydrogen-bond donors (Lipinski definition) is 0. The first-order valence-corrected chi connectivity index (χ1v) is 13.8. The van der Waals surface area contributed by atoms with E-state index in [1.54, 1.807) is 0 Å². The van der Waals surface area contributed by atoms with E-state index in [0.717, 1.165) is 56.5 Å². The largest absolute Gasteiger partial charge is 1.00 e. The van der Waals surface area contributed by atoms with Crippen LogP contribution in [0.2, 0.25) is 0 Å². The fourth-order valence-electron chi connectivity index (χ4n) is 4.67.